The van der Waals surface area contributed by atoms with E-state index in [2.05, 4.69) is 10.1 Å². The lowest BCUT2D eigenvalue weighted by atomic mass is 10.3. The molecule has 0 unspecified atom stereocenters. The summed E-state index contributed by atoms with van der Waals surface area (Å²) in [6, 6.07) is 2.57. The van der Waals surface area contributed by atoms with Crippen molar-refractivity contribution in [3.8, 4) is 5.75 Å². The van der Waals surface area contributed by atoms with Crippen molar-refractivity contribution in [1.29, 1.82) is 0 Å². The predicted molar refractivity (Wildman–Crippen MR) is 63.4 cm³/mol. The van der Waals surface area contributed by atoms with E-state index in [1.807, 2.05) is 0 Å². The number of hydrogen-bond donors (Lipinski definition) is 2. The molecule has 0 heterocycles. The van der Waals surface area contributed by atoms with Crippen molar-refractivity contribution in [3.05, 3.63) is 22.2 Å². The molecule has 0 aliphatic heterocycles. The monoisotopic (exact) mass is 277 g/mol. The van der Waals surface area contributed by atoms with Gasteiger partial charge in [0, 0.05) is 5.02 Å². The van der Waals surface area contributed by atoms with Gasteiger partial charge >= 0.3 is 11.9 Å². The summed E-state index contributed by atoms with van der Waals surface area (Å²) in [6.07, 6.45) is 0. The molecule has 17 heavy (non-hydrogen) atoms. The highest BCUT2D eigenvalue weighted by Crippen LogP contribution is 2.34. The molecular weight excluding hydrogens is 269 g/mol. The minimum Gasteiger partial charge on any atom is -0.504 e. The van der Waals surface area contributed by atoms with Crippen molar-refractivity contribution in [1.82, 2.24) is 0 Å². The fraction of sp³-hybridized carbons (Fsp3) is 0.200. The fourth-order valence-corrected chi connectivity index (χ4v) is 1.52. The lowest BCUT2D eigenvalue weighted by Crippen LogP contribution is -2.25. The summed E-state index contributed by atoms with van der Waals surface area (Å²) in [5.41, 5.74) is -0.0550. The molecule has 1 aromatic rings. The van der Waals surface area contributed by atoms with E-state index < -0.39 is 11.9 Å². The van der Waals surface area contributed by atoms with Crippen LogP contribution in [0.5, 0.6) is 5.75 Å². The zero-order chi connectivity index (χ0) is 13.0. The zero-order valence-corrected chi connectivity index (χ0v) is 10.3. The van der Waals surface area contributed by atoms with Gasteiger partial charge < -0.3 is 15.2 Å². The molecule has 1 aromatic carbocycles. The molecule has 2 N–H and O–H groups in total. The molecule has 1 rings (SSSR count). The van der Waals surface area contributed by atoms with Crippen molar-refractivity contribution in [2.45, 2.75) is 6.92 Å². The quantitative estimate of drug-likeness (QED) is 0.494. The van der Waals surface area contributed by atoms with E-state index in [-0.39, 0.29) is 28.1 Å². The number of phenolic OH excluding ortho intramolecular Hbond substituents is 1. The van der Waals surface area contributed by atoms with Crippen LogP contribution < -0.4 is 5.32 Å². The van der Waals surface area contributed by atoms with Crippen molar-refractivity contribution < 1.29 is 19.4 Å². The largest absolute Gasteiger partial charge is 0.504 e. The molecule has 0 atom stereocenters. The van der Waals surface area contributed by atoms with Gasteiger partial charge in [-0.25, -0.2) is 4.79 Å². The maximum atomic E-state index is 11.3. The van der Waals surface area contributed by atoms with Gasteiger partial charge in [0.25, 0.3) is 0 Å². The molecule has 5 nitrogen and oxygen atoms in total. The average molecular weight is 278 g/mol. The summed E-state index contributed by atoms with van der Waals surface area (Å²) >= 11 is 11.3. The van der Waals surface area contributed by atoms with Gasteiger partial charge in [-0.3, -0.25) is 4.79 Å². The van der Waals surface area contributed by atoms with Crippen molar-refractivity contribution in [3.63, 3.8) is 0 Å². The second kappa shape index (κ2) is 5.75. The van der Waals surface area contributed by atoms with Crippen LogP contribution in [0.3, 0.4) is 0 Å². The summed E-state index contributed by atoms with van der Waals surface area (Å²) in [4.78, 5) is 22.3. The van der Waals surface area contributed by atoms with E-state index in [1.54, 1.807) is 6.92 Å². The average Bonchev–Trinajstić information content (AvgIpc) is 2.25. The third-order valence-electron chi connectivity index (χ3n) is 1.74. The summed E-state index contributed by atoms with van der Waals surface area (Å²) in [5.74, 6) is -2.43. The first-order valence-electron chi connectivity index (χ1n) is 4.61. The molecule has 0 fully saturated rings. The van der Waals surface area contributed by atoms with Crippen LogP contribution in [0.1, 0.15) is 6.92 Å². The van der Waals surface area contributed by atoms with Gasteiger partial charge in [0.15, 0.2) is 5.75 Å². The van der Waals surface area contributed by atoms with Crippen molar-refractivity contribution in [2.75, 3.05) is 11.9 Å². The third kappa shape index (κ3) is 3.51. The Labute approximate surface area is 107 Å². The molecule has 0 aliphatic carbocycles. The second-order valence-corrected chi connectivity index (χ2v) is 3.80. The first kappa shape index (κ1) is 13.6. The van der Waals surface area contributed by atoms with Gasteiger partial charge in [0.05, 0.1) is 17.3 Å². The maximum Gasteiger partial charge on any atom is 0.397 e. The van der Waals surface area contributed by atoms with Crippen molar-refractivity contribution >= 4 is 40.8 Å². The highest BCUT2D eigenvalue weighted by atomic mass is 35.5. The van der Waals surface area contributed by atoms with E-state index in [0.29, 0.717) is 0 Å². The van der Waals surface area contributed by atoms with Crippen LogP contribution in [0, 0.1) is 0 Å². The molecule has 0 saturated heterocycles. The van der Waals surface area contributed by atoms with Crippen molar-refractivity contribution in [2.24, 2.45) is 0 Å². The lowest BCUT2D eigenvalue weighted by molar-refractivity contribution is -0.152. The lowest BCUT2D eigenvalue weighted by Gasteiger charge is -2.08. The molecule has 92 valence electrons. The second-order valence-electron chi connectivity index (χ2n) is 2.96. The van der Waals surface area contributed by atoms with Crippen LogP contribution in [-0.4, -0.2) is 23.6 Å². The number of halogens is 2. The minimum atomic E-state index is -1.05. The number of amides is 1. The summed E-state index contributed by atoms with van der Waals surface area (Å²) in [5, 5.41) is 11.9. The topological polar surface area (TPSA) is 75.6 Å². The van der Waals surface area contributed by atoms with Crippen LogP contribution in [-0.2, 0) is 14.3 Å². The van der Waals surface area contributed by atoms with Crippen LogP contribution in [0.25, 0.3) is 0 Å². The molecule has 7 heteroatoms. The Morgan fingerprint density at radius 2 is 2.06 bits per heavy atom. The molecule has 0 bridgehead atoms. The fourth-order valence-electron chi connectivity index (χ4n) is 1.03. The Bertz CT molecular complexity index is 462. The van der Waals surface area contributed by atoms with E-state index in [1.165, 1.54) is 12.1 Å². The SMILES string of the molecule is CCOC(=O)C(=O)Nc1cc(Cl)cc(Cl)c1O. The zero-order valence-electron chi connectivity index (χ0n) is 8.79. The Morgan fingerprint density at radius 3 is 2.65 bits per heavy atom. The smallest absolute Gasteiger partial charge is 0.397 e. The van der Waals surface area contributed by atoms with Crippen LogP contribution >= 0.6 is 23.2 Å². The van der Waals surface area contributed by atoms with Gasteiger partial charge in [0.2, 0.25) is 0 Å². The van der Waals surface area contributed by atoms with Crippen LogP contribution in [0.2, 0.25) is 10.0 Å². The van der Waals surface area contributed by atoms with E-state index in [4.69, 9.17) is 23.2 Å². The number of benzene rings is 1. The van der Waals surface area contributed by atoms with Crippen LogP contribution in [0.4, 0.5) is 5.69 Å². The Kier molecular flexibility index (Phi) is 4.60. The Balaban J connectivity index is 2.88. The van der Waals surface area contributed by atoms with E-state index >= 15 is 0 Å². The number of carbonyl (C=O) groups is 2. The van der Waals surface area contributed by atoms with Gasteiger partial charge in [-0.05, 0) is 19.1 Å². The molecule has 0 aromatic heterocycles. The van der Waals surface area contributed by atoms with Gasteiger partial charge in [-0.2, -0.15) is 0 Å². The summed E-state index contributed by atoms with van der Waals surface area (Å²) < 4.78 is 4.48. The Morgan fingerprint density at radius 1 is 1.41 bits per heavy atom. The third-order valence-corrected chi connectivity index (χ3v) is 2.24. The van der Waals surface area contributed by atoms with Crippen LogP contribution in [0.15, 0.2) is 12.1 Å². The standard InChI is InChI=1S/C10H9Cl2NO4/c1-2-17-10(16)9(15)13-7-4-5(11)3-6(12)8(7)14/h3-4,14H,2H2,1H3,(H,13,15). The van der Waals surface area contributed by atoms with E-state index in [0.717, 1.165) is 0 Å². The molecule has 1 amide bonds. The summed E-state index contributed by atoms with van der Waals surface area (Å²) in [6.45, 7) is 1.65. The number of hydrogen-bond acceptors (Lipinski definition) is 4. The number of aromatic hydroxyl groups is 1. The molecule has 0 radical (unpaired) electrons. The Hall–Kier alpha value is -1.46. The number of phenols is 1. The number of ether oxygens (including phenoxy) is 1. The number of esters is 1. The molecule has 0 aliphatic rings. The first-order valence-corrected chi connectivity index (χ1v) is 5.37. The van der Waals surface area contributed by atoms with Gasteiger partial charge in [-0.15, -0.1) is 0 Å². The first-order chi connectivity index (χ1) is 7.95. The maximum absolute atomic E-state index is 11.3. The predicted octanol–water partition coefficient (Wildman–Crippen LogP) is 2.20. The summed E-state index contributed by atoms with van der Waals surface area (Å²) in [7, 11) is 0. The number of nitrogens with one attached hydrogen (secondary N) is 1. The number of anilines is 1. The minimum absolute atomic E-state index is 0.0309. The van der Waals surface area contributed by atoms with E-state index in [9.17, 15) is 14.7 Å². The van der Waals surface area contributed by atoms with Gasteiger partial charge in [-0.1, -0.05) is 23.2 Å². The van der Waals surface area contributed by atoms with Gasteiger partial charge in [0.1, 0.15) is 0 Å². The highest BCUT2D eigenvalue weighted by molar-refractivity contribution is 6.39. The molecular formula is C10H9Cl2NO4. The normalized spacial score (nSPS) is 9.82. The number of carbonyl (C=O) groups excluding carboxylic acids is 2. The molecule has 0 spiro atoms. The number of rotatable bonds is 2. The molecule has 0 saturated carbocycles. The highest BCUT2D eigenvalue weighted by Gasteiger charge is 2.17.